The first-order valence-electron chi connectivity index (χ1n) is 14.3. The minimum Gasteiger partial charge on any atom is -0.426 e. The molecule has 4 nitrogen and oxygen atoms in total. The molecule has 4 heteroatoms. The largest absolute Gasteiger partial charge is 0.426 e. The predicted octanol–water partition coefficient (Wildman–Crippen LogP) is 8.51. The Bertz CT molecular complexity index is 893. The van der Waals surface area contributed by atoms with Gasteiger partial charge in [0.15, 0.2) is 5.82 Å². The molecule has 2 aliphatic rings. The van der Waals surface area contributed by atoms with Gasteiger partial charge in [0, 0.05) is 18.0 Å². The number of ether oxygens (including phenoxy) is 1. The van der Waals surface area contributed by atoms with Crippen molar-refractivity contribution in [2.24, 2.45) is 17.8 Å². The van der Waals surface area contributed by atoms with Crippen molar-refractivity contribution in [3.63, 3.8) is 0 Å². The van der Waals surface area contributed by atoms with Crippen LogP contribution in [0.25, 0.3) is 11.4 Å². The highest BCUT2D eigenvalue weighted by atomic mass is 16.5. The lowest BCUT2D eigenvalue weighted by Gasteiger charge is -2.28. The summed E-state index contributed by atoms with van der Waals surface area (Å²) < 4.78 is 5.71. The van der Waals surface area contributed by atoms with E-state index in [4.69, 9.17) is 4.74 Å². The third-order valence-electron chi connectivity index (χ3n) is 8.43. The highest BCUT2D eigenvalue weighted by Gasteiger charge is 2.27. The molecule has 35 heavy (non-hydrogen) atoms. The van der Waals surface area contributed by atoms with E-state index in [0.29, 0.717) is 11.7 Å². The molecule has 2 aromatic rings. The van der Waals surface area contributed by atoms with Gasteiger partial charge in [-0.25, -0.2) is 9.97 Å². The van der Waals surface area contributed by atoms with E-state index in [1.54, 1.807) is 0 Å². The van der Waals surface area contributed by atoms with Crippen LogP contribution in [0.4, 0.5) is 0 Å². The summed E-state index contributed by atoms with van der Waals surface area (Å²) in [5.74, 6) is 3.63. The first kappa shape index (κ1) is 25.9. The van der Waals surface area contributed by atoms with Gasteiger partial charge in [-0.1, -0.05) is 52.4 Å². The molecule has 0 N–H and O–H groups in total. The Balaban J connectivity index is 1.25. The van der Waals surface area contributed by atoms with Crippen LogP contribution in [0.5, 0.6) is 5.75 Å². The molecule has 2 saturated carbocycles. The zero-order chi connectivity index (χ0) is 24.5. The van der Waals surface area contributed by atoms with Crippen LogP contribution in [0.1, 0.15) is 115 Å². The summed E-state index contributed by atoms with van der Waals surface area (Å²) >= 11 is 0. The van der Waals surface area contributed by atoms with Crippen molar-refractivity contribution < 1.29 is 9.53 Å². The molecule has 190 valence electrons. The third kappa shape index (κ3) is 7.38. The number of esters is 1. The molecule has 0 aliphatic heterocycles. The predicted molar refractivity (Wildman–Crippen MR) is 142 cm³/mol. The van der Waals surface area contributed by atoms with E-state index in [0.717, 1.165) is 48.9 Å². The van der Waals surface area contributed by atoms with Gasteiger partial charge in [-0.3, -0.25) is 4.79 Å². The van der Waals surface area contributed by atoms with E-state index < -0.39 is 0 Å². The monoisotopic (exact) mass is 476 g/mol. The molecular formula is C31H44N2O2. The number of aromatic nitrogens is 2. The maximum atomic E-state index is 12.7. The van der Waals surface area contributed by atoms with E-state index in [9.17, 15) is 4.79 Å². The Hall–Kier alpha value is -2.23. The lowest BCUT2D eigenvalue weighted by Crippen LogP contribution is -2.25. The molecule has 0 bridgehead atoms. The van der Waals surface area contributed by atoms with Crippen LogP contribution in [0.15, 0.2) is 36.7 Å². The molecule has 0 atom stereocenters. The van der Waals surface area contributed by atoms with Gasteiger partial charge in [-0.15, -0.1) is 0 Å². The first-order chi connectivity index (χ1) is 17.2. The number of carbonyl (C=O) groups is 1. The van der Waals surface area contributed by atoms with Gasteiger partial charge in [0.25, 0.3) is 0 Å². The summed E-state index contributed by atoms with van der Waals surface area (Å²) in [6.07, 6.45) is 21.4. The van der Waals surface area contributed by atoms with Gasteiger partial charge in [0.05, 0.1) is 5.92 Å². The van der Waals surface area contributed by atoms with Crippen molar-refractivity contribution in [3.05, 3.63) is 42.2 Å². The SMILES string of the molecule is CCCC[C@H]1CC[C@H](C(=O)Oc2ccc(-c3ncc([C@H]4CC[C@H](CCCC)CC4)cn3)cc2)CC1. The van der Waals surface area contributed by atoms with Gasteiger partial charge in [-0.05, 0) is 98.9 Å². The molecule has 1 heterocycles. The highest BCUT2D eigenvalue weighted by Crippen LogP contribution is 2.37. The summed E-state index contributed by atoms with van der Waals surface area (Å²) in [4.78, 5) is 22.0. The van der Waals surface area contributed by atoms with Crippen LogP contribution in [0, 0.1) is 17.8 Å². The Morgan fingerprint density at radius 2 is 1.34 bits per heavy atom. The van der Waals surface area contributed by atoms with E-state index in [-0.39, 0.29) is 11.9 Å². The number of benzene rings is 1. The van der Waals surface area contributed by atoms with Crippen LogP contribution in [0.2, 0.25) is 0 Å². The Kier molecular flexibility index (Phi) is 9.74. The summed E-state index contributed by atoms with van der Waals surface area (Å²) in [5.41, 5.74) is 2.23. The molecule has 0 spiro atoms. The van der Waals surface area contributed by atoms with Gasteiger partial charge in [0.1, 0.15) is 5.75 Å². The standard InChI is InChI=1S/C31H44N2O2/c1-3-5-7-23-9-13-25(14-10-23)28-21-32-30(33-22-28)26-17-19-29(20-18-26)35-31(34)27-15-11-24(12-16-27)8-6-4-2/h17-25,27H,3-16H2,1-2H3/t23-,24-,25-,27-. The van der Waals surface area contributed by atoms with Crippen molar-refractivity contribution in [1.82, 2.24) is 9.97 Å². The molecule has 2 fully saturated rings. The van der Waals surface area contributed by atoms with Crippen molar-refractivity contribution in [2.75, 3.05) is 0 Å². The zero-order valence-electron chi connectivity index (χ0n) is 21.9. The lowest BCUT2D eigenvalue weighted by atomic mass is 9.78. The summed E-state index contributed by atoms with van der Waals surface area (Å²) in [7, 11) is 0. The van der Waals surface area contributed by atoms with Crippen LogP contribution < -0.4 is 4.74 Å². The second kappa shape index (κ2) is 13.2. The molecular weight excluding hydrogens is 432 g/mol. The van der Waals surface area contributed by atoms with E-state index in [1.807, 2.05) is 36.7 Å². The molecule has 0 saturated heterocycles. The second-order valence-electron chi connectivity index (χ2n) is 11.0. The fraction of sp³-hybridized carbons (Fsp3) is 0.645. The van der Waals surface area contributed by atoms with Gasteiger partial charge < -0.3 is 4.74 Å². The number of hydrogen-bond donors (Lipinski definition) is 0. The van der Waals surface area contributed by atoms with Crippen molar-refractivity contribution >= 4 is 5.97 Å². The van der Waals surface area contributed by atoms with Crippen molar-refractivity contribution in [3.8, 4) is 17.1 Å². The number of carbonyl (C=O) groups excluding carboxylic acids is 1. The summed E-state index contributed by atoms with van der Waals surface area (Å²) in [6.45, 7) is 4.53. The average Bonchev–Trinajstić information content (AvgIpc) is 2.92. The molecule has 2 aliphatic carbocycles. The van der Waals surface area contributed by atoms with Crippen molar-refractivity contribution in [1.29, 1.82) is 0 Å². The smallest absolute Gasteiger partial charge is 0.314 e. The molecule has 0 unspecified atom stereocenters. The minimum atomic E-state index is -0.0725. The summed E-state index contributed by atoms with van der Waals surface area (Å²) in [5, 5.41) is 0. The van der Waals surface area contributed by atoms with Gasteiger partial charge in [0.2, 0.25) is 0 Å². The maximum Gasteiger partial charge on any atom is 0.314 e. The molecule has 1 aromatic carbocycles. The van der Waals surface area contributed by atoms with Crippen LogP contribution in [-0.2, 0) is 4.79 Å². The average molecular weight is 477 g/mol. The van der Waals surface area contributed by atoms with Crippen LogP contribution in [0.3, 0.4) is 0 Å². The Morgan fingerprint density at radius 3 is 1.89 bits per heavy atom. The fourth-order valence-electron chi connectivity index (χ4n) is 6.03. The summed E-state index contributed by atoms with van der Waals surface area (Å²) in [6, 6.07) is 7.65. The molecule has 4 rings (SSSR count). The number of nitrogens with zero attached hydrogens (tertiary/aromatic N) is 2. The van der Waals surface area contributed by atoms with Crippen molar-refractivity contribution in [2.45, 2.75) is 110 Å². The molecule has 1 aromatic heterocycles. The van der Waals surface area contributed by atoms with E-state index in [1.165, 1.54) is 69.8 Å². The highest BCUT2D eigenvalue weighted by molar-refractivity contribution is 5.75. The van der Waals surface area contributed by atoms with E-state index in [2.05, 4.69) is 23.8 Å². The normalized spacial score (nSPS) is 24.7. The van der Waals surface area contributed by atoms with Crippen LogP contribution in [-0.4, -0.2) is 15.9 Å². The minimum absolute atomic E-state index is 0.0464. The van der Waals surface area contributed by atoms with Crippen LogP contribution >= 0.6 is 0 Å². The third-order valence-corrected chi connectivity index (χ3v) is 8.43. The number of hydrogen-bond acceptors (Lipinski definition) is 4. The van der Waals surface area contributed by atoms with Gasteiger partial charge in [-0.2, -0.15) is 0 Å². The topological polar surface area (TPSA) is 52.1 Å². The number of unbranched alkanes of at least 4 members (excludes halogenated alkanes) is 2. The fourth-order valence-corrected chi connectivity index (χ4v) is 6.03. The molecule has 0 radical (unpaired) electrons. The lowest BCUT2D eigenvalue weighted by molar-refractivity contribution is -0.140. The Labute approximate surface area is 212 Å². The van der Waals surface area contributed by atoms with Gasteiger partial charge >= 0.3 is 5.97 Å². The van der Waals surface area contributed by atoms with E-state index >= 15 is 0 Å². The molecule has 0 amide bonds. The maximum absolute atomic E-state index is 12.7. The Morgan fingerprint density at radius 1 is 0.800 bits per heavy atom. The number of rotatable bonds is 10. The first-order valence-corrected chi connectivity index (χ1v) is 14.3. The second-order valence-corrected chi connectivity index (χ2v) is 11.0. The quantitative estimate of drug-likeness (QED) is 0.255. The zero-order valence-corrected chi connectivity index (χ0v) is 21.9.